The Morgan fingerprint density at radius 1 is 1.05 bits per heavy atom. The number of carbonyl (C=O) groups excluding carboxylic acids is 1. The van der Waals surface area contributed by atoms with Gasteiger partial charge in [-0.05, 0) is 97.8 Å². The lowest BCUT2D eigenvalue weighted by molar-refractivity contribution is 0.0951. The summed E-state index contributed by atoms with van der Waals surface area (Å²) >= 11 is 1.63. The van der Waals surface area contributed by atoms with Crippen molar-refractivity contribution in [3.8, 4) is 11.3 Å². The number of hydrogen-bond donors (Lipinski definition) is 2. The fourth-order valence-corrected chi connectivity index (χ4v) is 6.75. The van der Waals surface area contributed by atoms with Gasteiger partial charge in [0.15, 0.2) is 4.96 Å². The van der Waals surface area contributed by atoms with Crippen LogP contribution in [-0.2, 0) is 6.54 Å². The third kappa shape index (κ3) is 5.51. The Morgan fingerprint density at radius 2 is 1.76 bits per heavy atom. The second-order valence-corrected chi connectivity index (χ2v) is 12.2. The van der Waals surface area contributed by atoms with E-state index in [0.717, 1.165) is 39.4 Å². The molecule has 202 valence electrons. The van der Waals surface area contributed by atoms with Crippen molar-refractivity contribution in [1.29, 1.82) is 0 Å². The van der Waals surface area contributed by atoms with E-state index >= 15 is 0 Å². The van der Waals surface area contributed by atoms with Crippen LogP contribution in [0.25, 0.3) is 26.4 Å². The number of carbonyl (C=O) groups is 1. The Labute approximate surface area is 230 Å². The van der Waals surface area contributed by atoms with E-state index in [9.17, 15) is 4.79 Å². The van der Waals surface area contributed by atoms with Crippen LogP contribution in [0.15, 0.2) is 36.5 Å². The van der Waals surface area contributed by atoms with E-state index in [2.05, 4.69) is 60.6 Å². The van der Waals surface area contributed by atoms with Gasteiger partial charge in [-0.25, -0.2) is 4.98 Å². The first-order valence-electron chi connectivity index (χ1n) is 14.1. The average molecular weight is 532 g/mol. The van der Waals surface area contributed by atoms with Gasteiger partial charge in [-0.3, -0.25) is 9.20 Å². The lowest BCUT2D eigenvalue weighted by Crippen LogP contribution is -2.33. The molecule has 1 fully saturated rings. The number of fused-ring (bicyclic) bond motifs is 3. The molecule has 5 rings (SSSR count). The highest BCUT2D eigenvalue weighted by Crippen LogP contribution is 2.35. The zero-order valence-corrected chi connectivity index (χ0v) is 24.0. The quantitative estimate of drug-likeness (QED) is 0.241. The van der Waals surface area contributed by atoms with Crippen LogP contribution in [0.5, 0.6) is 0 Å². The van der Waals surface area contributed by atoms with E-state index in [4.69, 9.17) is 10.7 Å². The number of aromatic nitrogens is 2. The van der Waals surface area contributed by atoms with E-state index in [1.165, 1.54) is 49.0 Å². The number of imidazole rings is 1. The monoisotopic (exact) mass is 531 g/mol. The average Bonchev–Trinajstić information content (AvgIpc) is 3.48. The van der Waals surface area contributed by atoms with E-state index in [1.807, 2.05) is 18.2 Å². The summed E-state index contributed by atoms with van der Waals surface area (Å²) in [6.07, 6.45) is 7.07. The lowest BCUT2D eigenvalue weighted by Gasteiger charge is -2.26. The topological polar surface area (TPSA) is 75.7 Å². The van der Waals surface area contributed by atoms with Crippen molar-refractivity contribution in [2.75, 3.05) is 26.2 Å². The molecule has 1 aliphatic heterocycles. The molecule has 0 bridgehead atoms. The summed E-state index contributed by atoms with van der Waals surface area (Å²) in [6.45, 7) is 13.6. The van der Waals surface area contributed by atoms with Gasteiger partial charge in [-0.1, -0.05) is 45.5 Å². The molecular formula is C31H41N5OS. The largest absolute Gasteiger partial charge is 0.352 e. The van der Waals surface area contributed by atoms with Crippen molar-refractivity contribution in [1.82, 2.24) is 19.6 Å². The minimum absolute atomic E-state index is 0.000281. The van der Waals surface area contributed by atoms with Gasteiger partial charge in [0, 0.05) is 30.4 Å². The van der Waals surface area contributed by atoms with Gasteiger partial charge in [-0.15, -0.1) is 0 Å². The van der Waals surface area contributed by atoms with Crippen LogP contribution in [0, 0.1) is 0 Å². The number of thiazole rings is 1. The molecule has 2 aromatic carbocycles. The van der Waals surface area contributed by atoms with E-state index < -0.39 is 0 Å². The first kappa shape index (κ1) is 26.9. The molecule has 2 aromatic heterocycles. The zero-order chi connectivity index (χ0) is 26.8. The third-order valence-corrected chi connectivity index (χ3v) is 8.82. The first-order chi connectivity index (χ1) is 18.4. The van der Waals surface area contributed by atoms with Gasteiger partial charge in [0.25, 0.3) is 5.91 Å². The lowest BCUT2D eigenvalue weighted by atomic mass is 9.86. The molecule has 1 amide bonds. The SMILES string of the molecule is CC(C)c1cc(-c2cn3c(n2)sc2cc(C(=O)NCCCN4CCCCC4)ccc23)cc(C(C)C)c1CN. The molecule has 3 heterocycles. The summed E-state index contributed by atoms with van der Waals surface area (Å²) in [5.41, 5.74) is 14.0. The number of nitrogens with two attached hydrogens (primary N) is 1. The number of likely N-dealkylation sites (tertiary alicyclic amines) is 1. The summed E-state index contributed by atoms with van der Waals surface area (Å²) < 4.78 is 3.22. The molecule has 1 saturated heterocycles. The summed E-state index contributed by atoms with van der Waals surface area (Å²) in [5, 5.41) is 3.11. The Bertz CT molecular complexity index is 1400. The van der Waals surface area contributed by atoms with Crippen LogP contribution in [0.3, 0.4) is 0 Å². The number of benzene rings is 2. The second kappa shape index (κ2) is 11.6. The van der Waals surface area contributed by atoms with Gasteiger partial charge in [0.1, 0.15) is 0 Å². The maximum atomic E-state index is 12.8. The van der Waals surface area contributed by atoms with Crippen molar-refractivity contribution in [2.24, 2.45) is 5.73 Å². The predicted octanol–water partition coefficient (Wildman–Crippen LogP) is 6.53. The molecule has 0 unspecified atom stereocenters. The summed E-state index contributed by atoms with van der Waals surface area (Å²) in [7, 11) is 0. The zero-order valence-electron chi connectivity index (χ0n) is 23.2. The van der Waals surface area contributed by atoms with Crippen LogP contribution < -0.4 is 11.1 Å². The Hall–Kier alpha value is -2.74. The molecule has 6 nitrogen and oxygen atoms in total. The molecule has 0 atom stereocenters. The minimum atomic E-state index is -0.000281. The normalized spacial score (nSPS) is 14.8. The number of piperidine rings is 1. The van der Waals surface area contributed by atoms with Gasteiger partial charge < -0.3 is 16.0 Å². The smallest absolute Gasteiger partial charge is 0.251 e. The molecule has 4 aromatic rings. The predicted molar refractivity (Wildman–Crippen MR) is 159 cm³/mol. The summed E-state index contributed by atoms with van der Waals surface area (Å²) in [4.78, 5) is 21.3. The van der Waals surface area contributed by atoms with E-state index in [0.29, 0.717) is 30.5 Å². The molecule has 0 aliphatic carbocycles. The van der Waals surface area contributed by atoms with Gasteiger partial charge >= 0.3 is 0 Å². The van der Waals surface area contributed by atoms with Crippen molar-refractivity contribution >= 4 is 32.4 Å². The van der Waals surface area contributed by atoms with Crippen molar-refractivity contribution < 1.29 is 4.79 Å². The van der Waals surface area contributed by atoms with Crippen molar-refractivity contribution in [3.05, 3.63) is 58.8 Å². The van der Waals surface area contributed by atoms with Crippen molar-refractivity contribution in [3.63, 3.8) is 0 Å². The van der Waals surface area contributed by atoms with Crippen LogP contribution in [-0.4, -0.2) is 46.4 Å². The van der Waals surface area contributed by atoms with E-state index in [1.54, 1.807) is 11.3 Å². The third-order valence-electron chi connectivity index (χ3n) is 7.80. The molecule has 0 spiro atoms. The van der Waals surface area contributed by atoms with E-state index in [-0.39, 0.29) is 5.91 Å². The second-order valence-electron chi connectivity index (χ2n) is 11.2. The number of amides is 1. The minimum Gasteiger partial charge on any atom is -0.352 e. The maximum Gasteiger partial charge on any atom is 0.251 e. The van der Waals surface area contributed by atoms with Gasteiger partial charge in [-0.2, -0.15) is 0 Å². The molecular weight excluding hydrogens is 490 g/mol. The standard InChI is InChI=1S/C31H41N5OS/c1-20(2)24-15-23(16-25(21(3)4)26(24)18-32)27-19-36-28-10-9-22(17-29(28)38-31(36)34-27)30(37)33-11-8-14-35-12-6-5-7-13-35/h9-10,15-17,19-21H,5-8,11-14,18,32H2,1-4H3,(H,33,37). The van der Waals surface area contributed by atoms with Crippen molar-refractivity contribution in [2.45, 2.75) is 71.8 Å². The van der Waals surface area contributed by atoms with Crippen LogP contribution in [0.4, 0.5) is 0 Å². The van der Waals surface area contributed by atoms with Crippen LogP contribution in [0.1, 0.15) is 92.3 Å². The number of rotatable bonds is 9. The first-order valence-corrected chi connectivity index (χ1v) is 15.0. The Kier molecular flexibility index (Phi) is 8.17. The molecule has 3 N–H and O–H groups in total. The Morgan fingerprint density at radius 3 is 2.42 bits per heavy atom. The van der Waals surface area contributed by atoms with Crippen LogP contribution in [0.2, 0.25) is 0 Å². The Balaban J connectivity index is 1.34. The molecule has 0 radical (unpaired) electrons. The number of nitrogens with one attached hydrogen (secondary N) is 1. The summed E-state index contributed by atoms with van der Waals surface area (Å²) in [5.74, 6) is 0.787. The highest BCUT2D eigenvalue weighted by molar-refractivity contribution is 7.23. The number of nitrogens with zero attached hydrogens (tertiary/aromatic N) is 3. The maximum absolute atomic E-state index is 12.8. The molecule has 1 aliphatic rings. The van der Waals surface area contributed by atoms with Gasteiger partial charge in [0.2, 0.25) is 0 Å². The highest BCUT2D eigenvalue weighted by atomic mass is 32.1. The fraction of sp³-hybridized carbons (Fsp3) is 0.484. The number of hydrogen-bond acceptors (Lipinski definition) is 5. The molecule has 38 heavy (non-hydrogen) atoms. The van der Waals surface area contributed by atoms with Gasteiger partial charge in [0.05, 0.1) is 15.9 Å². The molecule has 0 saturated carbocycles. The summed E-state index contributed by atoms with van der Waals surface area (Å²) in [6, 6.07) is 10.5. The fourth-order valence-electron chi connectivity index (χ4n) is 5.70. The van der Waals surface area contributed by atoms with Crippen LogP contribution >= 0.6 is 11.3 Å². The molecule has 7 heteroatoms. The highest BCUT2D eigenvalue weighted by Gasteiger charge is 2.18.